The average Bonchev–Trinajstić information content (AvgIpc) is 3.04. The van der Waals surface area contributed by atoms with Gasteiger partial charge in [-0.25, -0.2) is 9.07 Å². The lowest BCUT2D eigenvalue weighted by Crippen LogP contribution is -2.09. The van der Waals surface area contributed by atoms with Crippen molar-refractivity contribution in [1.29, 1.82) is 0 Å². The summed E-state index contributed by atoms with van der Waals surface area (Å²) >= 11 is 0. The van der Waals surface area contributed by atoms with Gasteiger partial charge < -0.3 is 5.32 Å². The summed E-state index contributed by atoms with van der Waals surface area (Å²) in [6.45, 7) is 1.94. The Labute approximate surface area is 120 Å². The van der Waals surface area contributed by atoms with Crippen molar-refractivity contribution in [2.24, 2.45) is 0 Å². The van der Waals surface area contributed by atoms with Crippen LogP contribution in [0.2, 0.25) is 0 Å². The number of rotatable bonds is 4. The first-order valence-corrected chi connectivity index (χ1v) is 6.43. The Bertz CT molecular complexity index is 714. The predicted octanol–water partition coefficient (Wildman–Crippen LogP) is 2.37. The molecule has 3 rings (SSSR count). The third kappa shape index (κ3) is 2.86. The minimum absolute atomic E-state index is 0.0719. The van der Waals surface area contributed by atoms with Crippen LogP contribution in [0.15, 0.2) is 49.1 Å². The van der Waals surface area contributed by atoms with Gasteiger partial charge in [-0.15, -0.1) is 5.10 Å². The van der Waals surface area contributed by atoms with E-state index in [0.29, 0.717) is 11.4 Å². The maximum Gasteiger partial charge on any atom is 0.146 e. The quantitative estimate of drug-likeness (QED) is 0.796. The lowest BCUT2D eigenvalue weighted by atomic mass is 10.1. The van der Waals surface area contributed by atoms with Crippen LogP contribution in [0.3, 0.4) is 0 Å². The predicted molar refractivity (Wildman–Crippen MR) is 75.4 cm³/mol. The topological polar surface area (TPSA) is 68.5 Å². The number of benzene rings is 1. The molecule has 1 N–H and O–H groups in total. The van der Waals surface area contributed by atoms with Crippen LogP contribution in [0, 0.1) is 5.82 Å². The van der Waals surface area contributed by atoms with E-state index in [2.05, 4.69) is 25.8 Å². The Morgan fingerprint density at radius 2 is 2.19 bits per heavy atom. The van der Waals surface area contributed by atoms with Crippen LogP contribution >= 0.6 is 0 Å². The van der Waals surface area contributed by atoms with Crippen LogP contribution in [-0.2, 0) is 0 Å². The first-order chi connectivity index (χ1) is 10.2. The van der Waals surface area contributed by atoms with Crippen LogP contribution in [0.5, 0.6) is 0 Å². The molecule has 0 radical (unpaired) electrons. The normalized spacial score (nSPS) is 12.1. The summed E-state index contributed by atoms with van der Waals surface area (Å²) in [7, 11) is 0. The summed E-state index contributed by atoms with van der Waals surface area (Å²) in [5, 5.41) is 14.1. The van der Waals surface area contributed by atoms with Crippen molar-refractivity contribution < 1.29 is 4.39 Å². The van der Waals surface area contributed by atoms with Gasteiger partial charge in [0, 0.05) is 12.4 Å². The number of nitrogens with one attached hydrogen (secondary N) is 1. The first kappa shape index (κ1) is 13.2. The van der Waals surface area contributed by atoms with Crippen LogP contribution in [0.25, 0.3) is 5.69 Å². The molecule has 0 fully saturated rings. The smallest absolute Gasteiger partial charge is 0.146 e. The number of nitrogens with zero attached hydrogens (tertiary/aromatic N) is 5. The SMILES string of the molecule is CC(Nc1cc(-n2cnnn2)ccc1F)c1cccnc1. The van der Waals surface area contributed by atoms with Gasteiger partial charge in [-0.2, -0.15) is 0 Å². The first-order valence-electron chi connectivity index (χ1n) is 6.43. The van der Waals surface area contributed by atoms with Gasteiger partial charge in [0.2, 0.25) is 0 Å². The molecule has 0 saturated carbocycles. The van der Waals surface area contributed by atoms with Crippen molar-refractivity contribution in [3.05, 3.63) is 60.4 Å². The molecule has 7 heteroatoms. The summed E-state index contributed by atoms with van der Waals surface area (Å²) in [4.78, 5) is 4.06. The largest absolute Gasteiger partial charge is 0.376 e. The van der Waals surface area contributed by atoms with E-state index in [0.717, 1.165) is 5.56 Å². The van der Waals surface area contributed by atoms with E-state index < -0.39 is 0 Å². The van der Waals surface area contributed by atoms with Crippen molar-refractivity contribution >= 4 is 5.69 Å². The average molecular weight is 284 g/mol. The molecule has 0 amide bonds. The second-order valence-corrected chi connectivity index (χ2v) is 4.57. The molecule has 1 aromatic carbocycles. The summed E-state index contributed by atoms with van der Waals surface area (Å²) in [6, 6.07) is 8.38. The Balaban J connectivity index is 1.86. The number of pyridine rings is 1. The van der Waals surface area contributed by atoms with Crippen LogP contribution < -0.4 is 5.32 Å². The fraction of sp³-hybridized carbons (Fsp3) is 0.143. The van der Waals surface area contributed by atoms with E-state index in [-0.39, 0.29) is 11.9 Å². The molecule has 1 atom stereocenters. The van der Waals surface area contributed by atoms with E-state index in [1.54, 1.807) is 24.5 Å². The highest BCUT2D eigenvalue weighted by Crippen LogP contribution is 2.23. The van der Waals surface area contributed by atoms with Crippen molar-refractivity contribution in [1.82, 2.24) is 25.2 Å². The zero-order valence-corrected chi connectivity index (χ0v) is 11.3. The Morgan fingerprint density at radius 1 is 1.29 bits per heavy atom. The zero-order valence-electron chi connectivity index (χ0n) is 11.3. The summed E-state index contributed by atoms with van der Waals surface area (Å²) in [6.07, 6.45) is 4.91. The van der Waals surface area contributed by atoms with E-state index >= 15 is 0 Å². The lowest BCUT2D eigenvalue weighted by Gasteiger charge is -2.16. The molecular formula is C14H13FN6. The molecule has 0 aliphatic rings. The monoisotopic (exact) mass is 284 g/mol. The Hall–Kier alpha value is -2.83. The number of anilines is 1. The Morgan fingerprint density at radius 3 is 2.90 bits per heavy atom. The van der Waals surface area contributed by atoms with Crippen molar-refractivity contribution in [2.75, 3.05) is 5.32 Å². The third-order valence-corrected chi connectivity index (χ3v) is 3.12. The molecule has 0 spiro atoms. The van der Waals surface area contributed by atoms with Crippen LogP contribution in [-0.4, -0.2) is 25.2 Å². The number of halogens is 1. The fourth-order valence-corrected chi connectivity index (χ4v) is 1.99. The van der Waals surface area contributed by atoms with Crippen molar-refractivity contribution in [3.8, 4) is 5.69 Å². The Kier molecular flexibility index (Phi) is 3.55. The maximum absolute atomic E-state index is 13.9. The minimum atomic E-state index is -0.331. The second kappa shape index (κ2) is 5.66. The highest BCUT2D eigenvalue weighted by atomic mass is 19.1. The zero-order chi connectivity index (χ0) is 14.7. The molecule has 2 aromatic heterocycles. The molecule has 3 aromatic rings. The van der Waals surface area contributed by atoms with E-state index in [1.807, 2.05) is 19.1 Å². The number of tetrazole rings is 1. The third-order valence-electron chi connectivity index (χ3n) is 3.12. The summed E-state index contributed by atoms with van der Waals surface area (Å²) < 4.78 is 15.4. The number of hydrogen-bond donors (Lipinski definition) is 1. The lowest BCUT2D eigenvalue weighted by molar-refractivity contribution is 0.626. The number of aromatic nitrogens is 5. The highest BCUT2D eigenvalue weighted by Gasteiger charge is 2.10. The minimum Gasteiger partial charge on any atom is -0.376 e. The molecule has 0 bridgehead atoms. The van der Waals surface area contributed by atoms with Gasteiger partial charge in [0.05, 0.1) is 17.4 Å². The molecule has 2 heterocycles. The maximum atomic E-state index is 13.9. The van der Waals surface area contributed by atoms with Gasteiger partial charge in [-0.1, -0.05) is 6.07 Å². The summed E-state index contributed by atoms with van der Waals surface area (Å²) in [5.41, 5.74) is 2.05. The van der Waals surface area contributed by atoms with Gasteiger partial charge in [0.15, 0.2) is 0 Å². The van der Waals surface area contributed by atoms with Gasteiger partial charge in [-0.05, 0) is 47.2 Å². The van der Waals surface area contributed by atoms with E-state index in [9.17, 15) is 4.39 Å². The van der Waals surface area contributed by atoms with Crippen molar-refractivity contribution in [2.45, 2.75) is 13.0 Å². The van der Waals surface area contributed by atoms with Crippen molar-refractivity contribution in [3.63, 3.8) is 0 Å². The van der Waals surface area contributed by atoms with Gasteiger partial charge in [0.25, 0.3) is 0 Å². The highest BCUT2D eigenvalue weighted by molar-refractivity contribution is 5.53. The van der Waals surface area contributed by atoms with Gasteiger partial charge >= 0.3 is 0 Å². The van der Waals surface area contributed by atoms with E-state index in [4.69, 9.17) is 0 Å². The molecule has 106 valence electrons. The molecular weight excluding hydrogens is 271 g/mol. The summed E-state index contributed by atoms with van der Waals surface area (Å²) in [5.74, 6) is -0.331. The molecule has 0 aliphatic carbocycles. The van der Waals surface area contributed by atoms with Gasteiger partial charge in [0.1, 0.15) is 12.1 Å². The second-order valence-electron chi connectivity index (χ2n) is 4.57. The van der Waals surface area contributed by atoms with Crippen LogP contribution in [0.4, 0.5) is 10.1 Å². The molecule has 6 nitrogen and oxygen atoms in total. The molecule has 21 heavy (non-hydrogen) atoms. The standard InChI is InChI=1S/C14H13FN6/c1-10(11-3-2-6-16-8-11)18-14-7-12(4-5-13(14)15)21-9-17-19-20-21/h2-10,18H,1H3. The number of hydrogen-bond acceptors (Lipinski definition) is 5. The van der Waals surface area contributed by atoms with Gasteiger partial charge in [-0.3, -0.25) is 4.98 Å². The molecule has 0 saturated heterocycles. The van der Waals surface area contributed by atoms with E-state index in [1.165, 1.54) is 17.1 Å². The molecule has 0 aliphatic heterocycles. The molecule has 1 unspecified atom stereocenters. The fourth-order valence-electron chi connectivity index (χ4n) is 1.99. The van der Waals surface area contributed by atoms with Crippen LogP contribution in [0.1, 0.15) is 18.5 Å².